The highest BCUT2D eigenvalue weighted by molar-refractivity contribution is 7.14. The van der Waals surface area contributed by atoms with Gasteiger partial charge in [-0.2, -0.15) is 0 Å². The molecule has 1 heterocycles. The molecule has 1 amide bonds. The van der Waals surface area contributed by atoms with Crippen molar-refractivity contribution in [2.24, 2.45) is 0 Å². The molecule has 0 aliphatic carbocycles. The Morgan fingerprint density at radius 2 is 2.00 bits per heavy atom. The van der Waals surface area contributed by atoms with Crippen molar-refractivity contribution in [1.29, 1.82) is 0 Å². The molecule has 24 heavy (non-hydrogen) atoms. The average Bonchev–Trinajstić information content (AvgIpc) is 2.93. The smallest absolute Gasteiger partial charge is 0.348 e. The Morgan fingerprint density at radius 1 is 1.25 bits per heavy atom. The third-order valence-corrected chi connectivity index (χ3v) is 4.58. The summed E-state index contributed by atoms with van der Waals surface area (Å²) in [6.07, 6.45) is 1.92. The zero-order valence-corrected chi connectivity index (χ0v) is 14.5. The van der Waals surface area contributed by atoms with E-state index in [4.69, 9.17) is 4.74 Å². The lowest BCUT2D eigenvalue weighted by Gasteiger charge is -2.06. The van der Waals surface area contributed by atoms with E-state index in [9.17, 15) is 14.0 Å². The second-order valence-electron chi connectivity index (χ2n) is 5.39. The molecule has 1 aromatic carbocycles. The van der Waals surface area contributed by atoms with Gasteiger partial charge in [0.2, 0.25) is 0 Å². The molecular formula is C18H20FNO3S. The Kier molecular flexibility index (Phi) is 6.49. The van der Waals surface area contributed by atoms with Gasteiger partial charge in [-0.25, -0.2) is 9.18 Å². The van der Waals surface area contributed by atoms with Crippen molar-refractivity contribution >= 4 is 23.2 Å². The maximum atomic E-state index is 13.4. The number of rotatable bonds is 7. The van der Waals surface area contributed by atoms with Crippen LogP contribution in [0.5, 0.6) is 0 Å². The minimum Gasteiger partial charge on any atom is -0.451 e. The lowest BCUT2D eigenvalue weighted by Crippen LogP contribution is -2.28. The first-order chi connectivity index (χ1) is 11.5. The number of thiophene rings is 1. The van der Waals surface area contributed by atoms with E-state index in [1.165, 1.54) is 17.4 Å². The van der Waals surface area contributed by atoms with Crippen molar-refractivity contribution in [3.05, 3.63) is 57.0 Å². The Hall–Kier alpha value is -2.21. The molecule has 0 radical (unpaired) electrons. The second-order valence-corrected chi connectivity index (χ2v) is 6.64. The van der Waals surface area contributed by atoms with Crippen molar-refractivity contribution in [2.45, 2.75) is 33.2 Å². The molecule has 1 aromatic heterocycles. The molecule has 0 saturated heterocycles. The predicted octanol–water partition coefficient (Wildman–Crippen LogP) is 3.62. The summed E-state index contributed by atoms with van der Waals surface area (Å²) in [5.74, 6) is -1.35. The first-order valence-electron chi connectivity index (χ1n) is 7.77. The molecule has 2 aromatic rings. The maximum absolute atomic E-state index is 13.4. The molecule has 0 saturated carbocycles. The van der Waals surface area contributed by atoms with Crippen LogP contribution in [0, 0.1) is 12.7 Å². The molecule has 128 valence electrons. The van der Waals surface area contributed by atoms with Crippen LogP contribution in [0.25, 0.3) is 0 Å². The highest BCUT2D eigenvalue weighted by Gasteiger charge is 2.15. The number of hydrogen-bond donors (Lipinski definition) is 1. The number of carbonyl (C=O) groups excluding carboxylic acids is 2. The summed E-state index contributed by atoms with van der Waals surface area (Å²) in [7, 11) is 0. The Balaban J connectivity index is 1.82. The number of halogens is 1. The molecule has 4 nitrogen and oxygen atoms in total. The van der Waals surface area contributed by atoms with Crippen LogP contribution in [0.3, 0.4) is 0 Å². The van der Waals surface area contributed by atoms with Gasteiger partial charge < -0.3 is 10.1 Å². The van der Waals surface area contributed by atoms with Crippen LogP contribution in [0.2, 0.25) is 0 Å². The van der Waals surface area contributed by atoms with Crippen LogP contribution in [0.4, 0.5) is 4.39 Å². The maximum Gasteiger partial charge on any atom is 0.348 e. The van der Waals surface area contributed by atoms with Crippen molar-refractivity contribution in [3.63, 3.8) is 0 Å². The monoisotopic (exact) mass is 349 g/mol. The summed E-state index contributed by atoms with van der Waals surface area (Å²) in [4.78, 5) is 25.3. The molecule has 0 unspecified atom stereocenters. The van der Waals surface area contributed by atoms with E-state index in [-0.39, 0.29) is 19.0 Å². The third kappa shape index (κ3) is 4.89. The van der Waals surface area contributed by atoms with Gasteiger partial charge in [-0.05, 0) is 31.0 Å². The van der Waals surface area contributed by atoms with Crippen LogP contribution in [-0.4, -0.2) is 18.5 Å². The lowest BCUT2D eigenvalue weighted by atomic mass is 10.1. The molecule has 0 atom stereocenters. The van der Waals surface area contributed by atoms with Gasteiger partial charge in [0.1, 0.15) is 10.7 Å². The van der Waals surface area contributed by atoms with Gasteiger partial charge in [0.05, 0.1) is 0 Å². The number of nitrogens with one attached hydrogen (secondary N) is 1. The van der Waals surface area contributed by atoms with Gasteiger partial charge in [0.15, 0.2) is 6.61 Å². The van der Waals surface area contributed by atoms with E-state index in [0.717, 1.165) is 23.3 Å². The number of amides is 1. The molecule has 0 aliphatic rings. The van der Waals surface area contributed by atoms with Gasteiger partial charge in [0.25, 0.3) is 5.91 Å². The minimum atomic E-state index is -0.508. The van der Waals surface area contributed by atoms with Crippen LogP contribution < -0.4 is 5.32 Å². The van der Waals surface area contributed by atoms with Crippen LogP contribution in [0.15, 0.2) is 30.3 Å². The molecule has 6 heteroatoms. The van der Waals surface area contributed by atoms with Crippen molar-refractivity contribution in [2.75, 3.05) is 6.61 Å². The minimum absolute atomic E-state index is 0.0574. The van der Waals surface area contributed by atoms with Crippen LogP contribution in [-0.2, 0) is 22.5 Å². The van der Waals surface area contributed by atoms with Crippen molar-refractivity contribution in [1.82, 2.24) is 5.32 Å². The number of ether oxygens (including phenoxy) is 1. The van der Waals surface area contributed by atoms with Gasteiger partial charge in [0, 0.05) is 17.0 Å². The molecular weight excluding hydrogens is 329 g/mol. The van der Waals surface area contributed by atoms with E-state index >= 15 is 0 Å². The average molecular weight is 349 g/mol. The number of carbonyl (C=O) groups is 2. The molecule has 0 spiro atoms. The number of benzene rings is 1. The molecule has 0 fully saturated rings. The number of esters is 1. The van der Waals surface area contributed by atoms with E-state index in [0.29, 0.717) is 10.4 Å². The summed E-state index contributed by atoms with van der Waals surface area (Å²) in [5.41, 5.74) is 1.52. The second kappa shape index (κ2) is 8.59. The summed E-state index contributed by atoms with van der Waals surface area (Å²) in [6, 6.07) is 8.01. The molecule has 2 rings (SSSR count). The quantitative estimate of drug-likeness (QED) is 0.777. The SMILES string of the molecule is CCCc1cc(C(=O)OCC(=O)NCc2ccccc2F)sc1C. The van der Waals surface area contributed by atoms with Gasteiger partial charge >= 0.3 is 5.97 Å². The molecule has 0 bridgehead atoms. The van der Waals surface area contributed by atoms with Gasteiger partial charge in [-0.3, -0.25) is 4.79 Å². The highest BCUT2D eigenvalue weighted by atomic mass is 32.1. The largest absolute Gasteiger partial charge is 0.451 e. The first kappa shape index (κ1) is 18.1. The zero-order valence-electron chi connectivity index (χ0n) is 13.7. The highest BCUT2D eigenvalue weighted by Crippen LogP contribution is 2.23. The number of aryl methyl sites for hydroxylation is 2. The van der Waals surface area contributed by atoms with Crippen LogP contribution in [0.1, 0.15) is 39.0 Å². The van der Waals surface area contributed by atoms with Crippen LogP contribution >= 0.6 is 11.3 Å². The van der Waals surface area contributed by atoms with Crippen molar-refractivity contribution < 1.29 is 18.7 Å². The fourth-order valence-electron chi connectivity index (χ4n) is 2.23. The zero-order chi connectivity index (χ0) is 17.5. The van der Waals surface area contributed by atoms with Crippen molar-refractivity contribution in [3.8, 4) is 0 Å². The summed E-state index contributed by atoms with van der Waals surface area (Å²) < 4.78 is 18.5. The topological polar surface area (TPSA) is 55.4 Å². The van der Waals surface area contributed by atoms with Gasteiger partial charge in [-0.15, -0.1) is 11.3 Å². The summed E-state index contributed by atoms with van der Waals surface area (Å²) >= 11 is 1.37. The van der Waals surface area contributed by atoms with E-state index in [1.807, 2.05) is 13.0 Å². The third-order valence-electron chi connectivity index (χ3n) is 3.51. The van der Waals surface area contributed by atoms with E-state index < -0.39 is 11.9 Å². The molecule has 0 aliphatic heterocycles. The fourth-order valence-corrected chi connectivity index (χ4v) is 3.19. The summed E-state index contributed by atoms with van der Waals surface area (Å²) in [6.45, 7) is 3.72. The molecule has 1 N–H and O–H groups in total. The Morgan fingerprint density at radius 3 is 2.71 bits per heavy atom. The van der Waals surface area contributed by atoms with E-state index in [1.54, 1.807) is 18.2 Å². The number of hydrogen-bond acceptors (Lipinski definition) is 4. The standard InChI is InChI=1S/C18H20FNO3S/c1-3-6-13-9-16(24-12(13)2)18(22)23-11-17(21)20-10-14-7-4-5-8-15(14)19/h4-5,7-9H,3,6,10-11H2,1-2H3,(H,20,21). The van der Waals surface area contributed by atoms with E-state index in [2.05, 4.69) is 12.2 Å². The normalized spacial score (nSPS) is 10.5. The summed E-state index contributed by atoms with van der Waals surface area (Å²) in [5, 5.41) is 2.53. The fraction of sp³-hybridized carbons (Fsp3) is 0.333. The lowest BCUT2D eigenvalue weighted by molar-refractivity contribution is -0.124. The predicted molar refractivity (Wildman–Crippen MR) is 91.6 cm³/mol. The van der Waals surface area contributed by atoms with Gasteiger partial charge in [-0.1, -0.05) is 31.5 Å². The Bertz CT molecular complexity index is 727. The Labute approximate surface area is 144 Å². The first-order valence-corrected chi connectivity index (χ1v) is 8.59.